The lowest BCUT2D eigenvalue weighted by Gasteiger charge is -2.06. The van der Waals surface area contributed by atoms with Crippen molar-refractivity contribution >= 4 is 22.6 Å². The topological polar surface area (TPSA) is 17.8 Å². The number of benzene rings is 1. The summed E-state index contributed by atoms with van der Waals surface area (Å²) in [5, 5.41) is 0.743. The molecule has 0 N–H and O–H groups in total. The summed E-state index contributed by atoms with van der Waals surface area (Å²) < 4.78 is 2.16. The van der Waals surface area contributed by atoms with Crippen LogP contribution in [0, 0.1) is 5.92 Å². The van der Waals surface area contributed by atoms with Crippen LogP contribution >= 0.6 is 11.6 Å². The van der Waals surface area contributed by atoms with Crippen LogP contribution in [0.4, 0.5) is 0 Å². The lowest BCUT2D eigenvalue weighted by molar-refractivity contribution is 0.533. The lowest BCUT2D eigenvalue weighted by atomic mass is 10.2. The highest BCUT2D eigenvalue weighted by molar-refractivity contribution is 6.31. The van der Waals surface area contributed by atoms with E-state index < -0.39 is 0 Å². The maximum atomic E-state index is 5.88. The third kappa shape index (κ3) is 1.75. The number of rotatable bonds is 2. The Hall–Kier alpha value is -1.02. The van der Waals surface area contributed by atoms with Crippen LogP contribution in [0.1, 0.15) is 13.8 Å². The second kappa shape index (κ2) is 3.62. The second-order valence-corrected chi connectivity index (χ2v) is 4.36. The Morgan fingerprint density at radius 3 is 2.93 bits per heavy atom. The van der Waals surface area contributed by atoms with E-state index in [0.717, 1.165) is 22.6 Å². The molecule has 0 spiro atoms. The Bertz CT molecular complexity index is 445. The van der Waals surface area contributed by atoms with Crippen LogP contribution in [0.2, 0.25) is 5.02 Å². The van der Waals surface area contributed by atoms with Gasteiger partial charge in [-0.1, -0.05) is 25.4 Å². The number of hydrogen-bond donors (Lipinski definition) is 0. The smallest absolute Gasteiger partial charge is 0.0958 e. The molecule has 0 bridgehead atoms. The maximum absolute atomic E-state index is 5.88. The zero-order valence-corrected chi connectivity index (χ0v) is 9.12. The van der Waals surface area contributed by atoms with E-state index in [1.54, 1.807) is 0 Å². The van der Waals surface area contributed by atoms with Crippen molar-refractivity contribution in [3.05, 3.63) is 29.5 Å². The highest BCUT2D eigenvalue weighted by Gasteiger charge is 2.03. The minimum absolute atomic E-state index is 0.628. The normalized spacial score (nSPS) is 11.4. The summed E-state index contributed by atoms with van der Waals surface area (Å²) in [6.45, 7) is 5.39. The van der Waals surface area contributed by atoms with Gasteiger partial charge in [-0.15, -0.1) is 0 Å². The Morgan fingerprint density at radius 1 is 1.43 bits per heavy atom. The summed E-state index contributed by atoms with van der Waals surface area (Å²) >= 11 is 5.88. The number of imidazole rings is 1. The van der Waals surface area contributed by atoms with E-state index in [4.69, 9.17) is 11.6 Å². The molecule has 0 aliphatic rings. The van der Waals surface area contributed by atoms with E-state index in [9.17, 15) is 0 Å². The third-order valence-electron chi connectivity index (χ3n) is 2.14. The summed E-state index contributed by atoms with van der Waals surface area (Å²) in [6, 6.07) is 5.82. The molecular weight excluding hydrogens is 196 g/mol. The Kier molecular flexibility index (Phi) is 2.46. The summed E-state index contributed by atoms with van der Waals surface area (Å²) in [7, 11) is 0. The number of halogens is 1. The van der Waals surface area contributed by atoms with E-state index in [1.807, 2.05) is 24.5 Å². The standard InChI is InChI=1S/C11H13ClN2/c1-8(2)6-14-7-13-10-5-9(12)3-4-11(10)14/h3-5,7-8H,6H2,1-2H3. The van der Waals surface area contributed by atoms with Gasteiger partial charge in [-0.3, -0.25) is 0 Å². The number of nitrogens with zero attached hydrogens (tertiary/aromatic N) is 2. The van der Waals surface area contributed by atoms with Gasteiger partial charge in [-0.05, 0) is 24.1 Å². The fraction of sp³-hybridized carbons (Fsp3) is 0.364. The molecule has 0 aliphatic heterocycles. The predicted molar refractivity (Wildman–Crippen MR) is 59.6 cm³/mol. The first-order valence-corrected chi connectivity index (χ1v) is 5.15. The molecule has 1 aromatic carbocycles. The maximum Gasteiger partial charge on any atom is 0.0958 e. The highest BCUT2D eigenvalue weighted by Crippen LogP contribution is 2.18. The molecule has 2 rings (SSSR count). The SMILES string of the molecule is CC(C)Cn1cnc2cc(Cl)ccc21. The predicted octanol–water partition coefficient (Wildman–Crippen LogP) is 3.35. The molecule has 0 fully saturated rings. The van der Waals surface area contributed by atoms with Gasteiger partial charge in [-0.2, -0.15) is 0 Å². The van der Waals surface area contributed by atoms with Crippen LogP contribution in [0.25, 0.3) is 11.0 Å². The fourth-order valence-corrected chi connectivity index (χ4v) is 1.74. The van der Waals surface area contributed by atoms with Crippen molar-refractivity contribution in [3.63, 3.8) is 0 Å². The molecule has 0 atom stereocenters. The molecule has 74 valence electrons. The molecule has 1 aromatic heterocycles. The quantitative estimate of drug-likeness (QED) is 0.740. The number of hydrogen-bond acceptors (Lipinski definition) is 1. The first-order valence-electron chi connectivity index (χ1n) is 4.77. The van der Waals surface area contributed by atoms with Gasteiger partial charge in [0, 0.05) is 11.6 Å². The van der Waals surface area contributed by atoms with Gasteiger partial charge >= 0.3 is 0 Å². The van der Waals surface area contributed by atoms with Gasteiger partial charge in [-0.25, -0.2) is 4.98 Å². The third-order valence-corrected chi connectivity index (χ3v) is 2.38. The van der Waals surface area contributed by atoms with Crippen molar-refractivity contribution in [2.24, 2.45) is 5.92 Å². The molecule has 0 unspecified atom stereocenters. The Balaban J connectivity index is 2.47. The highest BCUT2D eigenvalue weighted by atomic mass is 35.5. The minimum Gasteiger partial charge on any atom is -0.330 e. The van der Waals surface area contributed by atoms with E-state index in [1.165, 1.54) is 0 Å². The molecule has 3 heteroatoms. The number of fused-ring (bicyclic) bond motifs is 1. The van der Waals surface area contributed by atoms with Crippen LogP contribution < -0.4 is 0 Å². The summed E-state index contributed by atoms with van der Waals surface area (Å²) in [6.07, 6.45) is 1.88. The molecule has 0 saturated carbocycles. The monoisotopic (exact) mass is 208 g/mol. The van der Waals surface area contributed by atoms with Crippen molar-refractivity contribution < 1.29 is 0 Å². The van der Waals surface area contributed by atoms with Gasteiger partial charge in [0.1, 0.15) is 0 Å². The first-order chi connectivity index (χ1) is 6.66. The Morgan fingerprint density at radius 2 is 2.21 bits per heavy atom. The average Bonchev–Trinajstić information content (AvgIpc) is 2.47. The Labute approximate surface area is 88.5 Å². The molecule has 1 heterocycles. The lowest BCUT2D eigenvalue weighted by Crippen LogP contribution is -2.02. The van der Waals surface area contributed by atoms with Crippen molar-refractivity contribution in [1.82, 2.24) is 9.55 Å². The van der Waals surface area contributed by atoms with E-state index >= 15 is 0 Å². The van der Waals surface area contributed by atoms with Gasteiger partial charge in [0.15, 0.2) is 0 Å². The van der Waals surface area contributed by atoms with Gasteiger partial charge in [0.25, 0.3) is 0 Å². The molecule has 2 nitrogen and oxygen atoms in total. The molecule has 14 heavy (non-hydrogen) atoms. The summed E-state index contributed by atoms with van der Waals surface area (Å²) in [5.41, 5.74) is 2.13. The van der Waals surface area contributed by atoms with Crippen molar-refractivity contribution in [3.8, 4) is 0 Å². The summed E-state index contributed by atoms with van der Waals surface area (Å²) in [5.74, 6) is 0.628. The van der Waals surface area contributed by atoms with Crippen LogP contribution in [-0.2, 0) is 6.54 Å². The van der Waals surface area contributed by atoms with Gasteiger partial charge in [0.2, 0.25) is 0 Å². The molecule has 0 radical (unpaired) electrons. The molecule has 2 aromatic rings. The van der Waals surface area contributed by atoms with Crippen LogP contribution in [-0.4, -0.2) is 9.55 Å². The first kappa shape index (κ1) is 9.53. The molecule has 0 saturated heterocycles. The minimum atomic E-state index is 0.628. The largest absolute Gasteiger partial charge is 0.330 e. The van der Waals surface area contributed by atoms with E-state index in [-0.39, 0.29) is 0 Å². The van der Waals surface area contributed by atoms with Crippen LogP contribution in [0.5, 0.6) is 0 Å². The average molecular weight is 209 g/mol. The van der Waals surface area contributed by atoms with Gasteiger partial charge in [0.05, 0.1) is 17.4 Å². The van der Waals surface area contributed by atoms with E-state index in [0.29, 0.717) is 5.92 Å². The zero-order valence-electron chi connectivity index (χ0n) is 8.37. The van der Waals surface area contributed by atoms with E-state index in [2.05, 4.69) is 23.4 Å². The zero-order chi connectivity index (χ0) is 10.1. The summed E-state index contributed by atoms with van der Waals surface area (Å²) in [4.78, 5) is 4.31. The second-order valence-electron chi connectivity index (χ2n) is 3.92. The van der Waals surface area contributed by atoms with Crippen LogP contribution in [0.15, 0.2) is 24.5 Å². The van der Waals surface area contributed by atoms with Crippen LogP contribution in [0.3, 0.4) is 0 Å². The molecule has 0 aliphatic carbocycles. The molecule has 0 amide bonds. The van der Waals surface area contributed by atoms with Gasteiger partial charge < -0.3 is 4.57 Å². The fourth-order valence-electron chi connectivity index (χ4n) is 1.58. The van der Waals surface area contributed by atoms with Crippen molar-refractivity contribution in [2.45, 2.75) is 20.4 Å². The van der Waals surface area contributed by atoms with Crippen molar-refractivity contribution in [2.75, 3.05) is 0 Å². The number of aromatic nitrogens is 2. The van der Waals surface area contributed by atoms with Crippen molar-refractivity contribution in [1.29, 1.82) is 0 Å². The molecular formula is C11H13ClN2.